The number of hydrogen-bond donors (Lipinski definition) is 2. The number of rotatable bonds is 3. The van der Waals surface area contributed by atoms with Gasteiger partial charge in [0.15, 0.2) is 0 Å². The van der Waals surface area contributed by atoms with Crippen LogP contribution in [0.15, 0.2) is 46.9 Å². The van der Waals surface area contributed by atoms with Crippen molar-refractivity contribution in [1.29, 1.82) is 0 Å². The third-order valence-corrected chi connectivity index (χ3v) is 3.10. The molecule has 2 aromatic rings. The molecule has 0 atom stereocenters. The van der Waals surface area contributed by atoms with E-state index in [0.29, 0.717) is 10.2 Å². The zero-order valence-electron chi connectivity index (χ0n) is 9.99. The first kappa shape index (κ1) is 13.5. The first-order valence-corrected chi connectivity index (χ1v) is 6.44. The fourth-order valence-electron chi connectivity index (χ4n) is 1.66. The van der Waals surface area contributed by atoms with E-state index < -0.39 is 5.82 Å². The van der Waals surface area contributed by atoms with E-state index in [1.165, 1.54) is 12.1 Å². The van der Waals surface area contributed by atoms with Crippen LogP contribution in [0.5, 0.6) is 0 Å². The van der Waals surface area contributed by atoms with Gasteiger partial charge in [0.2, 0.25) is 5.91 Å². The van der Waals surface area contributed by atoms with E-state index in [1.807, 2.05) is 0 Å². The molecule has 0 spiro atoms. The summed E-state index contributed by atoms with van der Waals surface area (Å²) >= 11 is 3.23. The maximum Gasteiger partial charge on any atom is 0.228 e. The molecule has 5 heteroatoms. The van der Waals surface area contributed by atoms with Gasteiger partial charge in [-0.1, -0.05) is 34.1 Å². The van der Waals surface area contributed by atoms with Crippen LogP contribution < -0.4 is 11.1 Å². The molecule has 0 heterocycles. The lowest BCUT2D eigenvalue weighted by atomic mass is 10.1. The van der Waals surface area contributed by atoms with Gasteiger partial charge in [0, 0.05) is 10.2 Å². The highest BCUT2D eigenvalue weighted by Crippen LogP contribution is 2.20. The number of anilines is 2. The second-order valence-corrected chi connectivity index (χ2v) is 4.96. The van der Waals surface area contributed by atoms with Gasteiger partial charge in [-0.3, -0.25) is 4.79 Å². The highest BCUT2D eigenvalue weighted by atomic mass is 79.9. The number of nitrogens with one attached hydrogen (secondary N) is 1. The Bertz CT molecular complexity index is 616. The van der Waals surface area contributed by atoms with E-state index in [0.717, 1.165) is 5.56 Å². The van der Waals surface area contributed by atoms with Crippen molar-refractivity contribution in [1.82, 2.24) is 0 Å². The Morgan fingerprint density at radius 3 is 2.74 bits per heavy atom. The van der Waals surface area contributed by atoms with Gasteiger partial charge in [0.25, 0.3) is 0 Å². The molecule has 0 fully saturated rings. The van der Waals surface area contributed by atoms with E-state index in [2.05, 4.69) is 21.2 Å². The molecule has 0 aromatic heterocycles. The Kier molecular flexibility index (Phi) is 4.16. The second kappa shape index (κ2) is 5.84. The molecule has 3 N–H and O–H groups in total. The summed E-state index contributed by atoms with van der Waals surface area (Å²) in [6, 6.07) is 11.5. The first-order valence-electron chi connectivity index (χ1n) is 5.64. The van der Waals surface area contributed by atoms with E-state index in [-0.39, 0.29) is 18.0 Å². The second-order valence-electron chi connectivity index (χ2n) is 4.05. The quantitative estimate of drug-likeness (QED) is 0.851. The number of carbonyl (C=O) groups excluding carboxylic acids is 1. The average Bonchev–Trinajstić information content (AvgIpc) is 2.37. The number of nitrogens with two attached hydrogens (primary N) is 1. The molecule has 0 unspecified atom stereocenters. The highest BCUT2D eigenvalue weighted by Gasteiger charge is 2.09. The minimum absolute atomic E-state index is 0.110. The molecule has 0 saturated heterocycles. The number of benzene rings is 2. The molecule has 0 bridgehead atoms. The van der Waals surface area contributed by atoms with Gasteiger partial charge in [0.05, 0.1) is 12.1 Å². The van der Waals surface area contributed by atoms with Crippen molar-refractivity contribution in [2.75, 3.05) is 11.1 Å². The molecular formula is C14H12BrFN2O. The summed E-state index contributed by atoms with van der Waals surface area (Å²) in [5.41, 5.74) is 7.17. The third-order valence-electron chi connectivity index (χ3n) is 2.61. The third kappa shape index (κ3) is 3.54. The van der Waals surface area contributed by atoms with E-state index in [1.54, 1.807) is 30.3 Å². The topological polar surface area (TPSA) is 55.1 Å². The number of nitrogen functional groups attached to an aromatic ring is 1. The summed E-state index contributed by atoms with van der Waals surface area (Å²) in [5, 5.41) is 2.53. The maximum atomic E-state index is 13.5. The van der Waals surface area contributed by atoms with E-state index in [4.69, 9.17) is 5.73 Å². The Hall–Kier alpha value is -1.88. The number of amides is 1. The highest BCUT2D eigenvalue weighted by molar-refractivity contribution is 9.10. The number of halogens is 2. The van der Waals surface area contributed by atoms with Gasteiger partial charge >= 0.3 is 0 Å². The summed E-state index contributed by atoms with van der Waals surface area (Å²) in [5.74, 6) is -0.785. The zero-order valence-corrected chi connectivity index (χ0v) is 11.6. The zero-order chi connectivity index (χ0) is 13.8. The van der Waals surface area contributed by atoms with Crippen LogP contribution in [-0.4, -0.2) is 5.91 Å². The summed E-state index contributed by atoms with van der Waals surface area (Å²) in [6.45, 7) is 0. The van der Waals surface area contributed by atoms with Gasteiger partial charge in [-0.2, -0.15) is 0 Å². The van der Waals surface area contributed by atoms with Gasteiger partial charge in [-0.05, 0) is 29.8 Å². The molecule has 0 aliphatic rings. The van der Waals surface area contributed by atoms with E-state index >= 15 is 0 Å². The molecule has 0 radical (unpaired) electrons. The van der Waals surface area contributed by atoms with Gasteiger partial charge in [-0.25, -0.2) is 4.39 Å². The van der Waals surface area contributed by atoms with Crippen LogP contribution >= 0.6 is 15.9 Å². The maximum absolute atomic E-state index is 13.5. The van der Waals surface area contributed by atoms with Crippen LogP contribution in [0.4, 0.5) is 15.8 Å². The van der Waals surface area contributed by atoms with E-state index in [9.17, 15) is 9.18 Å². The largest absolute Gasteiger partial charge is 0.398 e. The summed E-state index contributed by atoms with van der Waals surface area (Å²) in [4.78, 5) is 11.8. The summed E-state index contributed by atoms with van der Waals surface area (Å²) < 4.78 is 14.2. The van der Waals surface area contributed by atoms with Gasteiger partial charge in [0.1, 0.15) is 5.82 Å². The minimum atomic E-state index is -0.474. The van der Waals surface area contributed by atoms with Crippen molar-refractivity contribution in [3.63, 3.8) is 0 Å². The van der Waals surface area contributed by atoms with Crippen molar-refractivity contribution in [3.05, 3.63) is 58.3 Å². The Labute approximate surface area is 118 Å². The minimum Gasteiger partial charge on any atom is -0.398 e. The summed E-state index contributed by atoms with van der Waals surface area (Å²) in [7, 11) is 0. The molecule has 0 aliphatic heterocycles. The molecule has 98 valence electrons. The van der Waals surface area contributed by atoms with Crippen LogP contribution in [0, 0.1) is 5.82 Å². The van der Waals surface area contributed by atoms with Crippen molar-refractivity contribution in [2.24, 2.45) is 0 Å². The molecule has 19 heavy (non-hydrogen) atoms. The predicted molar refractivity (Wildman–Crippen MR) is 77.3 cm³/mol. The van der Waals surface area contributed by atoms with Crippen molar-refractivity contribution in [3.8, 4) is 0 Å². The molecule has 3 nitrogen and oxygen atoms in total. The lowest BCUT2D eigenvalue weighted by Gasteiger charge is -2.08. The SMILES string of the molecule is Nc1ccccc1CC(=O)Nc1cc(Br)ccc1F. The molecule has 0 saturated carbocycles. The summed E-state index contributed by atoms with van der Waals surface area (Å²) in [6.07, 6.45) is 0.110. The van der Waals surface area contributed by atoms with Crippen LogP contribution in [0.1, 0.15) is 5.56 Å². The lowest BCUT2D eigenvalue weighted by Crippen LogP contribution is -2.16. The fourth-order valence-corrected chi connectivity index (χ4v) is 2.02. The standard InChI is InChI=1S/C14H12BrFN2O/c15-10-5-6-11(16)13(8-10)18-14(19)7-9-3-1-2-4-12(9)17/h1-6,8H,7,17H2,(H,18,19). The van der Waals surface area contributed by atoms with Crippen molar-refractivity contribution >= 4 is 33.2 Å². The molecule has 0 aliphatic carbocycles. The van der Waals surface area contributed by atoms with Crippen LogP contribution in [0.3, 0.4) is 0 Å². The Balaban J connectivity index is 2.10. The molecular weight excluding hydrogens is 311 g/mol. The van der Waals surface area contributed by atoms with Gasteiger partial charge < -0.3 is 11.1 Å². The number of hydrogen-bond acceptors (Lipinski definition) is 2. The van der Waals surface area contributed by atoms with Crippen LogP contribution in [0.25, 0.3) is 0 Å². The Morgan fingerprint density at radius 1 is 1.26 bits per heavy atom. The molecule has 1 amide bonds. The number of carbonyl (C=O) groups is 1. The fraction of sp³-hybridized carbons (Fsp3) is 0.0714. The normalized spacial score (nSPS) is 10.2. The molecule has 2 rings (SSSR count). The first-order chi connectivity index (χ1) is 9.06. The average molecular weight is 323 g/mol. The monoisotopic (exact) mass is 322 g/mol. The van der Waals surface area contributed by atoms with Crippen molar-refractivity contribution < 1.29 is 9.18 Å². The Morgan fingerprint density at radius 2 is 2.00 bits per heavy atom. The molecule has 2 aromatic carbocycles. The van der Waals surface area contributed by atoms with Crippen LogP contribution in [-0.2, 0) is 11.2 Å². The predicted octanol–water partition coefficient (Wildman–Crippen LogP) is 3.35. The smallest absolute Gasteiger partial charge is 0.228 e. The number of para-hydroxylation sites is 1. The van der Waals surface area contributed by atoms with Gasteiger partial charge in [-0.15, -0.1) is 0 Å². The van der Waals surface area contributed by atoms with Crippen LogP contribution in [0.2, 0.25) is 0 Å². The lowest BCUT2D eigenvalue weighted by molar-refractivity contribution is -0.115. The van der Waals surface area contributed by atoms with Crippen molar-refractivity contribution in [2.45, 2.75) is 6.42 Å².